The van der Waals surface area contributed by atoms with E-state index in [0.717, 1.165) is 22.0 Å². The van der Waals surface area contributed by atoms with Gasteiger partial charge in [-0.15, -0.1) is 0 Å². The second-order valence-corrected chi connectivity index (χ2v) is 8.54. The minimum atomic E-state index is -0.426. The van der Waals surface area contributed by atoms with Crippen LogP contribution in [0.4, 0.5) is 0 Å². The summed E-state index contributed by atoms with van der Waals surface area (Å²) in [5, 5.41) is 7.39. The van der Waals surface area contributed by atoms with Gasteiger partial charge < -0.3 is 20.4 Å². The molecule has 3 N–H and O–H groups in total. The van der Waals surface area contributed by atoms with Crippen molar-refractivity contribution in [3.8, 4) is 5.75 Å². The zero-order valence-electron chi connectivity index (χ0n) is 18.9. The van der Waals surface area contributed by atoms with Crippen molar-refractivity contribution in [2.45, 2.75) is 6.42 Å². The van der Waals surface area contributed by atoms with Crippen molar-refractivity contribution < 1.29 is 14.3 Å². The number of nitrogens with one attached hydrogen (secondary N) is 3. The van der Waals surface area contributed by atoms with Crippen LogP contribution in [0.5, 0.6) is 5.75 Å². The number of carbonyl (C=O) groups excluding carboxylic acids is 2. The molecule has 0 radical (unpaired) electrons. The minimum Gasteiger partial charge on any atom is -0.497 e. The van der Waals surface area contributed by atoms with Gasteiger partial charge in [0.05, 0.1) is 17.2 Å². The first kappa shape index (κ1) is 24.4. The van der Waals surface area contributed by atoms with Gasteiger partial charge in [0.15, 0.2) is 0 Å². The molecule has 4 aromatic rings. The zero-order chi connectivity index (χ0) is 24.8. The number of hydrogen-bond acceptors (Lipinski definition) is 3. The fourth-order valence-corrected chi connectivity index (χ4v) is 4.03. The predicted octanol–water partition coefficient (Wildman–Crippen LogP) is 5.61. The Balaban J connectivity index is 1.59. The highest BCUT2D eigenvalue weighted by Gasteiger charge is 2.16. The van der Waals surface area contributed by atoms with Gasteiger partial charge in [0.2, 0.25) is 0 Å². The van der Waals surface area contributed by atoms with Crippen LogP contribution in [0, 0.1) is 0 Å². The fourth-order valence-electron chi connectivity index (χ4n) is 3.61. The fraction of sp³-hybridized carbons (Fsp3) is 0.111. The standard InChI is InChI=1S/C27H23Cl2N3O3/c1-35-20-10-11-23-21(15-20)19(16-31-23)14-24(32-26(33)18-6-3-2-4-7-18)27(34)30-13-12-17-8-5-9-22(28)25(17)29/h2-11,14-16,31H,12-13H2,1H3,(H,30,34)(H,32,33). The number of amides is 2. The number of fused-ring (bicyclic) bond motifs is 1. The lowest BCUT2D eigenvalue weighted by Gasteiger charge is -2.12. The monoisotopic (exact) mass is 507 g/mol. The number of ether oxygens (including phenoxy) is 1. The Hall–Kier alpha value is -3.74. The number of rotatable bonds is 8. The van der Waals surface area contributed by atoms with E-state index in [4.69, 9.17) is 27.9 Å². The van der Waals surface area contributed by atoms with E-state index in [-0.39, 0.29) is 11.6 Å². The van der Waals surface area contributed by atoms with E-state index >= 15 is 0 Å². The van der Waals surface area contributed by atoms with E-state index in [1.54, 1.807) is 49.7 Å². The molecule has 0 spiro atoms. The molecule has 1 heterocycles. The Morgan fingerprint density at radius 1 is 1.03 bits per heavy atom. The summed E-state index contributed by atoms with van der Waals surface area (Å²) >= 11 is 12.3. The van der Waals surface area contributed by atoms with Crippen LogP contribution in [0.1, 0.15) is 21.5 Å². The molecule has 6 nitrogen and oxygen atoms in total. The van der Waals surface area contributed by atoms with Crippen molar-refractivity contribution in [3.63, 3.8) is 0 Å². The summed E-state index contributed by atoms with van der Waals surface area (Å²) in [6.07, 6.45) is 3.90. The molecule has 0 aliphatic carbocycles. The second kappa shape index (κ2) is 11.1. The molecule has 35 heavy (non-hydrogen) atoms. The van der Waals surface area contributed by atoms with Crippen LogP contribution in [0.25, 0.3) is 17.0 Å². The van der Waals surface area contributed by atoms with Gasteiger partial charge in [-0.25, -0.2) is 0 Å². The normalized spacial score (nSPS) is 11.3. The van der Waals surface area contributed by atoms with Crippen LogP contribution < -0.4 is 15.4 Å². The predicted molar refractivity (Wildman–Crippen MR) is 140 cm³/mol. The first-order valence-electron chi connectivity index (χ1n) is 10.9. The van der Waals surface area contributed by atoms with Gasteiger partial charge in [0, 0.05) is 34.8 Å². The molecule has 2 amide bonds. The SMILES string of the molecule is COc1ccc2[nH]cc(C=C(NC(=O)c3ccccc3)C(=O)NCCc3cccc(Cl)c3Cl)c2c1. The summed E-state index contributed by atoms with van der Waals surface area (Å²) in [6.45, 7) is 0.305. The number of aromatic amines is 1. The summed E-state index contributed by atoms with van der Waals surface area (Å²) in [5.41, 5.74) is 2.98. The number of methoxy groups -OCH3 is 1. The summed E-state index contributed by atoms with van der Waals surface area (Å²) < 4.78 is 5.33. The maximum Gasteiger partial charge on any atom is 0.267 e. The third-order valence-corrected chi connectivity index (χ3v) is 6.32. The molecule has 4 rings (SSSR count). The Bertz CT molecular complexity index is 1400. The summed E-state index contributed by atoms with van der Waals surface area (Å²) in [6, 6.07) is 19.7. The van der Waals surface area contributed by atoms with E-state index in [0.29, 0.717) is 34.3 Å². The van der Waals surface area contributed by atoms with Crippen molar-refractivity contribution in [2.75, 3.05) is 13.7 Å². The second-order valence-electron chi connectivity index (χ2n) is 7.75. The van der Waals surface area contributed by atoms with Gasteiger partial charge >= 0.3 is 0 Å². The first-order valence-corrected chi connectivity index (χ1v) is 11.7. The molecular formula is C27H23Cl2N3O3. The molecule has 0 unspecified atom stereocenters. The minimum absolute atomic E-state index is 0.111. The maximum absolute atomic E-state index is 13.1. The highest BCUT2D eigenvalue weighted by Crippen LogP contribution is 2.26. The number of halogens is 2. The van der Waals surface area contributed by atoms with Crippen LogP contribution in [-0.2, 0) is 11.2 Å². The molecule has 3 aromatic carbocycles. The van der Waals surface area contributed by atoms with Crippen LogP contribution in [0.2, 0.25) is 10.0 Å². The highest BCUT2D eigenvalue weighted by molar-refractivity contribution is 6.42. The van der Waals surface area contributed by atoms with E-state index in [9.17, 15) is 9.59 Å². The highest BCUT2D eigenvalue weighted by atomic mass is 35.5. The molecule has 0 bridgehead atoms. The molecule has 0 atom stereocenters. The average molecular weight is 508 g/mol. The Labute approximate surface area is 212 Å². The molecule has 178 valence electrons. The largest absolute Gasteiger partial charge is 0.497 e. The van der Waals surface area contributed by atoms with Gasteiger partial charge in [-0.2, -0.15) is 0 Å². The van der Waals surface area contributed by atoms with Gasteiger partial charge in [0.25, 0.3) is 11.8 Å². The van der Waals surface area contributed by atoms with E-state index in [1.165, 1.54) is 0 Å². The zero-order valence-corrected chi connectivity index (χ0v) is 20.4. The summed E-state index contributed by atoms with van der Waals surface area (Å²) in [4.78, 5) is 29.2. The molecule has 8 heteroatoms. The molecule has 1 aromatic heterocycles. The molecular weight excluding hydrogens is 485 g/mol. The van der Waals surface area contributed by atoms with Crippen LogP contribution in [0.15, 0.2) is 78.6 Å². The van der Waals surface area contributed by atoms with Gasteiger partial charge in [0.1, 0.15) is 11.4 Å². The molecule has 0 saturated carbocycles. The molecule has 0 fully saturated rings. The third-order valence-electron chi connectivity index (χ3n) is 5.46. The summed E-state index contributed by atoms with van der Waals surface area (Å²) in [5.74, 6) is -0.128. The molecule has 0 saturated heterocycles. The van der Waals surface area contributed by atoms with E-state index in [1.807, 2.05) is 36.4 Å². The Kier molecular flexibility index (Phi) is 7.75. The lowest BCUT2D eigenvalue weighted by molar-refractivity contribution is -0.117. The Morgan fingerprint density at radius 2 is 1.83 bits per heavy atom. The smallest absolute Gasteiger partial charge is 0.267 e. The number of carbonyl (C=O) groups is 2. The average Bonchev–Trinajstić information content (AvgIpc) is 3.28. The van der Waals surface area contributed by atoms with Crippen molar-refractivity contribution in [1.29, 1.82) is 0 Å². The van der Waals surface area contributed by atoms with Crippen molar-refractivity contribution in [1.82, 2.24) is 15.6 Å². The topological polar surface area (TPSA) is 83.2 Å². The van der Waals surface area contributed by atoms with Crippen LogP contribution in [-0.4, -0.2) is 30.5 Å². The number of aromatic nitrogens is 1. The third kappa shape index (κ3) is 5.85. The van der Waals surface area contributed by atoms with Crippen molar-refractivity contribution in [2.24, 2.45) is 0 Å². The number of benzene rings is 3. The number of hydrogen-bond donors (Lipinski definition) is 3. The van der Waals surface area contributed by atoms with Crippen molar-refractivity contribution in [3.05, 3.63) is 105 Å². The number of H-pyrrole nitrogens is 1. The maximum atomic E-state index is 13.1. The summed E-state index contributed by atoms with van der Waals surface area (Å²) in [7, 11) is 1.59. The van der Waals surface area contributed by atoms with Gasteiger partial charge in [-0.05, 0) is 54.5 Å². The van der Waals surface area contributed by atoms with Gasteiger partial charge in [-0.3, -0.25) is 9.59 Å². The van der Waals surface area contributed by atoms with E-state index in [2.05, 4.69) is 15.6 Å². The lowest BCUT2D eigenvalue weighted by Crippen LogP contribution is -2.35. The quantitative estimate of drug-likeness (QED) is 0.271. The molecule has 0 aliphatic rings. The van der Waals surface area contributed by atoms with Crippen LogP contribution >= 0.6 is 23.2 Å². The van der Waals surface area contributed by atoms with E-state index < -0.39 is 5.91 Å². The van der Waals surface area contributed by atoms with Crippen LogP contribution in [0.3, 0.4) is 0 Å². The molecule has 0 aliphatic heterocycles. The Morgan fingerprint density at radius 3 is 2.60 bits per heavy atom. The first-order chi connectivity index (χ1) is 17.0. The van der Waals surface area contributed by atoms with Crippen molar-refractivity contribution >= 4 is 52.0 Å². The lowest BCUT2D eigenvalue weighted by atomic mass is 10.1. The van der Waals surface area contributed by atoms with Gasteiger partial charge in [-0.1, -0.05) is 53.5 Å².